The van der Waals surface area contributed by atoms with Gasteiger partial charge in [-0.15, -0.1) is 0 Å². The summed E-state index contributed by atoms with van der Waals surface area (Å²) in [4.78, 5) is 10.5. The van der Waals surface area contributed by atoms with Crippen LogP contribution in [0.1, 0.15) is 6.92 Å². The molecule has 1 aliphatic rings. The van der Waals surface area contributed by atoms with Crippen molar-refractivity contribution < 1.29 is 14.3 Å². The summed E-state index contributed by atoms with van der Waals surface area (Å²) in [6, 6.07) is 0. The lowest BCUT2D eigenvalue weighted by Gasteiger charge is -2.10. The Labute approximate surface area is 71.4 Å². The van der Waals surface area contributed by atoms with E-state index in [0.717, 1.165) is 0 Å². The van der Waals surface area contributed by atoms with Gasteiger partial charge in [-0.05, 0) is 0 Å². The molecule has 1 saturated heterocycles. The minimum atomic E-state index is -0.330. The molecule has 0 radical (unpaired) electrons. The fourth-order valence-electron chi connectivity index (χ4n) is 1.02. The topological polar surface area (TPSA) is 59.6 Å². The third kappa shape index (κ3) is 2.77. The van der Waals surface area contributed by atoms with Gasteiger partial charge in [-0.2, -0.15) is 0 Å². The summed E-state index contributed by atoms with van der Waals surface area (Å²) in [5, 5.41) is 5.66. The number of carbonyl (C=O) groups excluding carboxylic acids is 1. The van der Waals surface area contributed by atoms with Gasteiger partial charge in [0.15, 0.2) is 0 Å². The van der Waals surface area contributed by atoms with Gasteiger partial charge in [0.05, 0.1) is 6.10 Å². The maximum absolute atomic E-state index is 10.5. The van der Waals surface area contributed by atoms with Crippen LogP contribution in [-0.2, 0) is 14.3 Å². The Morgan fingerprint density at radius 2 is 2.58 bits per heavy atom. The van der Waals surface area contributed by atoms with Gasteiger partial charge in [-0.1, -0.05) is 0 Å². The van der Waals surface area contributed by atoms with Crippen LogP contribution >= 0.6 is 0 Å². The number of hydrogen-bond donors (Lipinski definition) is 2. The second kappa shape index (κ2) is 4.39. The smallest absolute Gasteiger partial charge is 0.216 e. The lowest BCUT2D eigenvalue weighted by atomic mass is 10.3. The molecular formula is C7H14N2O3. The molecule has 2 atom stereocenters. The zero-order valence-corrected chi connectivity index (χ0v) is 7.29. The van der Waals surface area contributed by atoms with Crippen molar-refractivity contribution in [3.63, 3.8) is 0 Å². The molecule has 0 aromatic rings. The minimum absolute atomic E-state index is 0.0128. The van der Waals surface area contributed by atoms with Crippen molar-refractivity contribution in [2.24, 2.45) is 0 Å². The standard InChI is InChI=1S/C7H14N2O3/c1-5(10)8-3-6-4-9-7(11-2)12-6/h6-7,9H,3-4H2,1-2H3,(H,8,10)/t6-,7?/m0/s1. The van der Waals surface area contributed by atoms with Crippen LogP contribution in [0.25, 0.3) is 0 Å². The summed E-state index contributed by atoms with van der Waals surface area (Å²) >= 11 is 0. The fourth-order valence-corrected chi connectivity index (χ4v) is 1.02. The van der Waals surface area contributed by atoms with Crippen LogP contribution in [0.4, 0.5) is 0 Å². The van der Waals surface area contributed by atoms with Gasteiger partial charge in [-0.3, -0.25) is 10.1 Å². The van der Waals surface area contributed by atoms with Gasteiger partial charge in [0.2, 0.25) is 12.3 Å². The number of carbonyl (C=O) groups is 1. The van der Waals surface area contributed by atoms with E-state index >= 15 is 0 Å². The highest BCUT2D eigenvalue weighted by molar-refractivity contribution is 5.72. The number of ether oxygens (including phenoxy) is 2. The van der Waals surface area contributed by atoms with E-state index in [2.05, 4.69) is 10.6 Å². The number of nitrogens with one attached hydrogen (secondary N) is 2. The normalized spacial score (nSPS) is 28.8. The Hall–Kier alpha value is -0.650. The second-order valence-corrected chi connectivity index (χ2v) is 2.67. The third-order valence-corrected chi connectivity index (χ3v) is 1.62. The first kappa shape index (κ1) is 9.44. The first-order valence-corrected chi connectivity index (χ1v) is 3.88. The molecule has 0 aromatic heterocycles. The molecule has 1 unspecified atom stereocenters. The van der Waals surface area contributed by atoms with Gasteiger partial charge >= 0.3 is 0 Å². The average Bonchev–Trinajstić information content (AvgIpc) is 2.48. The Bertz CT molecular complexity index is 163. The summed E-state index contributed by atoms with van der Waals surface area (Å²) in [7, 11) is 1.57. The highest BCUT2D eigenvalue weighted by Gasteiger charge is 2.23. The van der Waals surface area contributed by atoms with Crippen molar-refractivity contribution in [3.8, 4) is 0 Å². The molecule has 70 valence electrons. The predicted molar refractivity (Wildman–Crippen MR) is 42.4 cm³/mol. The lowest BCUT2D eigenvalue weighted by Crippen LogP contribution is -2.32. The largest absolute Gasteiger partial charge is 0.354 e. The van der Waals surface area contributed by atoms with Gasteiger partial charge in [0, 0.05) is 27.1 Å². The number of amides is 1. The average molecular weight is 174 g/mol. The molecule has 1 amide bonds. The highest BCUT2D eigenvalue weighted by atomic mass is 16.7. The zero-order valence-electron chi connectivity index (χ0n) is 7.29. The van der Waals surface area contributed by atoms with E-state index in [1.54, 1.807) is 7.11 Å². The molecule has 0 aliphatic carbocycles. The van der Waals surface area contributed by atoms with Gasteiger partial charge in [-0.25, -0.2) is 0 Å². The molecule has 1 fully saturated rings. The second-order valence-electron chi connectivity index (χ2n) is 2.67. The molecule has 0 aromatic carbocycles. The maximum Gasteiger partial charge on any atom is 0.216 e. The van der Waals surface area contributed by atoms with Crippen LogP contribution in [0, 0.1) is 0 Å². The zero-order chi connectivity index (χ0) is 8.97. The van der Waals surface area contributed by atoms with E-state index in [1.165, 1.54) is 6.92 Å². The Morgan fingerprint density at radius 3 is 3.08 bits per heavy atom. The van der Waals surface area contributed by atoms with Crippen LogP contribution in [-0.4, -0.2) is 38.6 Å². The van der Waals surface area contributed by atoms with Crippen LogP contribution in [0.5, 0.6) is 0 Å². The summed E-state index contributed by atoms with van der Waals surface area (Å²) in [5.41, 5.74) is 0. The number of rotatable bonds is 3. The molecule has 1 heterocycles. The molecule has 0 spiro atoms. The molecule has 12 heavy (non-hydrogen) atoms. The van der Waals surface area contributed by atoms with Gasteiger partial charge < -0.3 is 14.8 Å². The van der Waals surface area contributed by atoms with E-state index in [-0.39, 0.29) is 18.4 Å². The molecular weight excluding hydrogens is 160 g/mol. The van der Waals surface area contributed by atoms with Crippen LogP contribution in [0.3, 0.4) is 0 Å². The Balaban J connectivity index is 2.15. The lowest BCUT2D eigenvalue weighted by molar-refractivity contribution is -0.128. The monoisotopic (exact) mass is 174 g/mol. The van der Waals surface area contributed by atoms with Crippen molar-refractivity contribution in [3.05, 3.63) is 0 Å². The summed E-state index contributed by atoms with van der Waals surface area (Å²) < 4.78 is 10.2. The Morgan fingerprint density at radius 1 is 1.83 bits per heavy atom. The van der Waals surface area contributed by atoms with E-state index in [1.807, 2.05) is 0 Å². The molecule has 0 bridgehead atoms. The van der Waals surface area contributed by atoms with Gasteiger partial charge in [0.25, 0.3) is 0 Å². The SMILES string of the molecule is COC1NC[C@H](CNC(C)=O)O1. The van der Waals surface area contributed by atoms with Gasteiger partial charge in [0.1, 0.15) is 0 Å². The van der Waals surface area contributed by atoms with E-state index < -0.39 is 0 Å². The van der Waals surface area contributed by atoms with Crippen molar-refractivity contribution in [1.82, 2.24) is 10.6 Å². The quantitative estimate of drug-likeness (QED) is 0.578. The highest BCUT2D eigenvalue weighted by Crippen LogP contribution is 2.03. The van der Waals surface area contributed by atoms with Crippen LogP contribution in [0.15, 0.2) is 0 Å². The molecule has 1 aliphatic heterocycles. The van der Waals surface area contributed by atoms with Crippen molar-refractivity contribution >= 4 is 5.91 Å². The fraction of sp³-hybridized carbons (Fsp3) is 0.857. The van der Waals surface area contributed by atoms with Crippen molar-refractivity contribution in [2.75, 3.05) is 20.2 Å². The van der Waals surface area contributed by atoms with Crippen LogP contribution in [0.2, 0.25) is 0 Å². The Kier molecular flexibility index (Phi) is 3.46. The first-order valence-electron chi connectivity index (χ1n) is 3.88. The number of hydrogen-bond acceptors (Lipinski definition) is 4. The van der Waals surface area contributed by atoms with E-state index in [0.29, 0.717) is 13.1 Å². The molecule has 5 nitrogen and oxygen atoms in total. The summed E-state index contributed by atoms with van der Waals surface area (Å²) in [5.74, 6) is -0.0422. The first-order chi connectivity index (χ1) is 5.72. The maximum atomic E-state index is 10.5. The molecule has 2 N–H and O–H groups in total. The predicted octanol–water partition coefficient (Wildman–Crippen LogP) is -0.959. The minimum Gasteiger partial charge on any atom is -0.354 e. The van der Waals surface area contributed by atoms with E-state index in [9.17, 15) is 4.79 Å². The van der Waals surface area contributed by atoms with E-state index in [4.69, 9.17) is 9.47 Å². The van der Waals surface area contributed by atoms with Crippen LogP contribution < -0.4 is 10.6 Å². The summed E-state index contributed by atoms with van der Waals surface area (Å²) in [6.07, 6.45) is -0.317. The molecule has 5 heteroatoms. The third-order valence-electron chi connectivity index (χ3n) is 1.62. The number of methoxy groups -OCH3 is 1. The summed E-state index contributed by atoms with van der Waals surface area (Å²) in [6.45, 7) is 2.72. The molecule has 1 rings (SSSR count). The van der Waals surface area contributed by atoms with Crippen molar-refractivity contribution in [1.29, 1.82) is 0 Å². The van der Waals surface area contributed by atoms with Crippen molar-refractivity contribution in [2.45, 2.75) is 19.4 Å². The molecule has 0 saturated carbocycles.